The molecule has 1 amide bonds. The first-order valence-corrected chi connectivity index (χ1v) is 7.00. The molecular weight excluding hydrogens is 281 g/mol. The minimum atomic E-state index is -2.67. The summed E-state index contributed by atoms with van der Waals surface area (Å²) in [6.45, 7) is 1.62. The summed E-state index contributed by atoms with van der Waals surface area (Å²) in [5, 5.41) is 0. The van der Waals surface area contributed by atoms with Crippen LogP contribution in [0.25, 0.3) is 0 Å². The molecule has 114 valence electrons. The summed E-state index contributed by atoms with van der Waals surface area (Å²) in [6, 6.07) is 2.80. The molecule has 1 saturated carbocycles. The van der Waals surface area contributed by atoms with Crippen LogP contribution in [0.4, 0.5) is 24.5 Å². The van der Waals surface area contributed by atoms with E-state index in [9.17, 15) is 18.0 Å². The van der Waals surface area contributed by atoms with Gasteiger partial charge in [-0.05, 0) is 30.5 Å². The number of alkyl halides is 2. The number of halogens is 3. The van der Waals surface area contributed by atoms with Crippen LogP contribution in [0.2, 0.25) is 0 Å². The standard InChI is InChI=1S/C15H17F3N2O/c1-9(21)20-8-14(2-4-15(17,18)5-3-14)11-6-10(19)7-12(16)13(11)20/h6-7H,2-5,8,19H2,1H3. The van der Waals surface area contributed by atoms with Gasteiger partial charge in [0.05, 0.1) is 5.69 Å². The first-order chi connectivity index (χ1) is 9.74. The Balaban J connectivity index is 2.09. The van der Waals surface area contributed by atoms with Crippen molar-refractivity contribution in [1.82, 2.24) is 0 Å². The number of fused-ring (bicyclic) bond motifs is 2. The van der Waals surface area contributed by atoms with Crippen LogP contribution in [0.3, 0.4) is 0 Å². The average molecular weight is 298 g/mol. The second-order valence-electron chi connectivity index (χ2n) is 6.14. The number of hydrogen-bond acceptors (Lipinski definition) is 2. The molecule has 0 unspecified atom stereocenters. The quantitative estimate of drug-likeness (QED) is 0.748. The van der Waals surface area contributed by atoms with Gasteiger partial charge in [0.25, 0.3) is 0 Å². The van der Waals surface area contributed by atoms with Gasteiger partial charge >= 0.3 is 0 Å². The third-order valence-corrected chi connectivity index (χ3v) is 4.71. The third kappa shape index (κ3) is 2.17. The maximum absolute atomic E-state index is 14.2. The van der Waals surface area contributed by atoms with Crippen LogP contribution in [0, 0.1) is 5.82 Å². The molecule has 0 radical (unpaired) electrons. The maximum Gasteiger partial charge on any atom is 0.248 e. The monoisotopic (exact) mass is 298 g/mol. The minimum Gasteiger partial charge on any atom is -0.399 e. The van der Waals surface area contributed by atoms with E-state index >= 15 is 0 Å². The fourth-order valence-corrected chi connectivity index (χ4v) is 3.56. The Bertz CT molecular complexity index is 605. The van der Waals surface area contributed by atoms with Crippen LogP contribution >= 0.6 is 0 Å². The highest BCUT2D eigenvalue weighted by molar-refractivity contribution is 5.95. The summed E-state index contributed by atoms with van der Waals surface area (Å²) in [6.07, 6.45) is -0.0114. The van der Waals surface area contributed by atoms with Gasteiger partial charge < -0.3 is 10.6 Å². The number of carbonyl (C=O) groups excluding carboxylic acids is 1. The molecule has 1 fully saturated rings. The molecule has 1 spiro atoms. The molecule has 2 N–H and O–H groups in total. The van der Waals surface area contributed by atoms with Gasteiger partial charge in [-0.2, -0.15) is 0 Å². The Morgan fingerprint density at radius 1 is 1.24 bits per heavy atom. The molecule has 1 aromatic carbocycles. The first-order valence-electron chi connectivity index (χ1n) is 7.00. The SMILES string of the molecule is CC(=O)N1CC2(CCC(F)(F)CC2)c2cc(N)cc(F)c21. The fourth-order valence-electron chi connectivity index (χ4n) is 3.56. The van der Waals surface area contributed by atoms with Crippen LogP contribution in [0.1, 0.15) is 38.2 Å². The molecule has 2 aliphatic rings. The van der Waals surface area contributed by atoms with Gasteiger partial charge in [-0.3, -0.25) is 4.79 Å². The average Bonchev–Trinajstić information content (AvgIpc) is 2.69. The van der Waals surface area contributed by atoms with E-state index in [1.54, 1.807) is 6.07 Å². The zero-order valence-corrected chi connectivity index (χ0v) is 11.8. The Morgan fingerprint density at radius 3 is 2.43 bits per heavy atom. The van der Waals surface area contributed by atoms with E-state index in [2.05, 4.69) is 0 Å². The predicted molar refractivity (Wildman–Crippen MR) is 73.9 cm³/mol. The van der Waals surface area contributed by atoms with Crippen molar-refractivity contribution in [3.8, 4) is 0 Å². The topological polar surface area (TPSA) is 46.3 Å². The summed E-state index contributed by atoms with van der Waals surface area (Å²) < 4.78 is 41.1. The van der Waals surface area contributed by atoms with Crippen molar-refractivity contribution in [1.29, 1.82) is 0 Å². The molecule has 1 aliphatic carbocycles. The van der Waals surface area contributed by atoms with Crippen LogP contribution in [0.5, 0.6) is 0 Å². The highest BCUT2D eigenvalue weighted by Gasteiger charge is 2.51. The summed E-state index contributed by atoms with van der Waals surface area (Å²) in [4.78, 5) is 13.1. The number of amides is 1. The molecule has 3 nitrogen and oxygen atoms in total. The fraction of sp³-hybridized carbons (Fsp3) is 0.533. The zero-order chi connectivity index (χ0) is 15.4. The van der Waals surface area contributed by atoms with Crippen molar-refractivity contribution in [3.63, 3.8) is 0 Å². The third-order valence-electron chi connectivity index (χ3n) is 4.71. The van der Waals surface area contributed by atoms with E-state index in [0.29, 0.717) is 5.56 Å². The van der Waals surface area contributed by atoms with E-state index in [0.717, 1.165) is 0 Å². The number of nitrogen functional groups attached to an aromatic ring is 1. The lowest BCUT2D eigenvalue weighted by Gasteiger charge is -2.37. The number of hydrogen-bond donors (Lipinski definition) is 1. The molecular formula is C15H17F3N2O. The van der Waals surface area contributed by atoms with E-state index in [1.807, 2.05) is 0 Å². The second kappa shape index (κ2) is 4.39. The number of nitrogens with two attached hydrogens (primary N) is 1. The molecule has 3 rings (SSSR count). The zero-order valence-electron chi connectivity index (χ0n) is 11.8. The summed E-state index contributed by atoms with van der Waals surface area (Å²) >= 11 is 0. The van der Waals surface area contributed by atoms with Crippen molar-refractivity contribution in [3.05, 3.63) is 23.5 Å². The van der Waals surface area contributed by atoms with Gasteiger partial charge in [-0.1, -0.05) is 0 Å². The number of carbonyl (C=O) groups is 1. The second-order valence-corrected chi connectivity index (χ2v) is 6.14. The van der Waals surface area contributed by atoms with Gasteiger partial charge in [-0.15, -0.1) is 0 Å². The number of rotatable bonds is 0. The Kier molecular flexibility index (Phi) is 2.97. The van der Waals surface area contributed by atoms with Crippen LogP contribution in [0.15, 0.2) is 12.1 Å². The maximum atomic E-state index is 14.2. The molecule has 0 saturated heterocycles. The molecule has 6 heteroatoms. The number of benzene rings is 1. The van der Waals surface area contributed by atoms with Gasteiger partial charge in [-0.25, -0.2) is 13.2 Å². The number of nitrogens with zero attached hydrogens (tertiary/aromatic N) is 1. The smallest absolute Gasteiger partial charge is 0.248 e. The number of anilines is 2. The molecule has 21 heavy (non-hydrogen) atoms. The van der Waals surface area contributed by atoms with Crippen LogP contribution in [-0.2, 0) is 10.2 Å². The lowest BCUT2D eigenvalue weighted by atomic mass is 9.69. The molecule has 0 atom stereocenters. The molecule has 0 aromatic heterocycles. The normalized spacial score (nSPS) is 22.4. The van der Waals surface area contributed by atoms with Crippen LogP contribution in [-0.4, -0.2) is 18.4 Å². The van der Waals surface area contributed by atoms with E-state index in [4.69, 9.17) is 5.73 Å². The molecule has 0 bridgehead atoms. The van der Waals surface area contributed by atoms with Gasteiger partial charge in [0, 0.05) is 37.4 Å². The predicted octanol–water partition coefficient (Wildman–Crippen LogP) is 3.22. The summed E-state index contributed by atoms with van der Waals surface area (Å²) in [5.41, 5.74) is 6.18. The summed E-state index contributed by atoms with van der Waals surface area (Å²) in [7, 11) is 0. The Morgan fingerprint density at radius 2 is 1.86 bits per heavy atom. The highest BCUT2D eigenvalue weighted by Crippen LogP contribution is 2.53. The van der Waals surface area contributed by atoms with E-state index in [1.165, 1.54) is 17.9 Å². The van der Waals surface area contributed by atoms with Crippen molar-refractivity contribution in [2.75, 3.05) is 17.2 Å². The summed E-state index contributed by atoms with van der Waals surface area (Å²) in [5.74, 6) is -3.52. The Hall–Kier alpha value is -1.72. The molecule has 1 aliphatic heterocycles. The van der Waals surface area contributed by atoms with Gasteiger partial charge in [0.15, 0.2) is 0 Å². The lowest BCUT2D eigenvalue weighted by Crippen LogP contribution is -2.41. The highest BCUT2D eigenvalue weighted by atomic mass is 19.3. The lowest BCUT2D eigenvalue weighted by molar-refractivity contribution is -0.116. The van der Waals surface area contributed by atoms with Crippen molar-refractivity contribution in [2.45, 2.75) is 43.9 Å². The van der Waals surface area contributed by atoms with E-state index < -0.39 is 17.2 Å². The van der Waals surface area contributed by atoms with Crippen molar-refractivity contribution >= 4 is 17.3 Å². The molecule has 1 heterocycles. The van der Waals surface area contributed by atoms with Gasteiger partial charge in [0.2, 0.25) is 11.8 Å². The largest absolute Gasteiger partial charge is 0.399 e. The van der Waals surface area contributed by atoms with Crippen molar-refractivity contribution in [2.24, 2.45) is 0 Å². The van der Waals surface area contributed by atoms with Gasteiger partial charge in [0.1, 0.15) is 5.82 Å². The Labute approximate surface area is 120 Å². The van der Waals surface area contributed by atoms with Crippen LogP contribution < -0.4 is 10.6 Å². The van der Waals surface area contributed by atoms with E-state index in [-0.39, 0.29) is 49.5 Å². The van der Waals surface area contributed by atoms with Crippen molar-refractivity contribution < 1.29 is 18.0 Å². The minimum absolute atomic E-state index is 0.210. The molecule has 1 aromatic rings. The first kappa shape index (κ1) is 14.2.